The molecule has 0 radical (unpaired) electrons. The van der Waals surface area contributed by atoms with Crippen LogP contribution in [0, 0.1) is 0 Å². The first-order chi connectivity index (χ1) is 12.6. The van der Waals surface area contributed by atoms with E-state index in [1.807, 2.05) is 33.8 Å². The van der Waals surface area contributed by atoms with Crippen molar-refractivity contribution in [3.63, 3.8) is 0 Å². The largest absolute Gasteiger partial charge is 0.336 e. The maximum Gasteiger partial charge on any atom is 0.255 e. The highest BCUT2D eigenvalue weighted by Gasteiger charge is 2.24. The van der Waals surface area contributed by atoms with Crippen molar-refractivity contribution < 1.29 is 4.79 Å². The number of hydrogen-bond acceptors (Lipinski definition) is 3. The standard InChI is InChI=1S/C19H18Cl2N4O/c20-14-4-5-18(21)17(11-14)19(26)24-9-7-23(8-10-24)13-15-12-16-3-1-2-6-25(16)22-15/h1-6,11-12H,7-10,13H2. The van der Waals surface area contributed by atoms with Crippen LogP contribution in [0.25, 0.3) is 5.52 Å². The lowest BCUT2D eigenvalue weighted by atomic mass is 10.1. The van der Waals surface area contributed by atoms with E-state index in [4.69, 9.17) is 23.2 Å². The molecular weight excluding hydrogens is 371 g/mol. The summed E-state index contributed by atoms with van der Waals surface area (Å²) in [6, 6.07) is 13.1. The summed E-state index contributed by atoms with van der Waals surface area (Å²) in [6.45, 7) is 3.71. The molecule has 0 aliphatic carbocycles. The molecule has 5 nitrogen and oxygen atoms in total. The van der Waals surface area contributed by atoms with Crippen molar-refractivity contribution in [3.05, 3.63) is 70.0 Å². The average molecular weight is 389 g/mol. The van der Waals surface area contributed by atoms with Gasteiger partial charge in [0, 0.05) is 43.9 Å². The molecule has 3 aromatic rings. The molecule has 1 fully saturated rings. The lowest BCUT2D eigenvalue weighted by Gasteiger charge is -2.34. The number of carbonyl (C=O) groups excluding carboxylic acids is 1. The van der Waals surface area contributed by atoms with Crippen LogP contribution in [-0.2, 0) is 6.54 Å². The van der Waals surface area contributed by atoms with Gasteiger partial charge in [-0.1, -0.05) is 29.3 Å². The van der Waals surface area contributed by atoms with Crippen LogP contribution in [0.5, 0.6) is 0 Å². The highest BCUT2D eigenvalue weighted by atomic mass is 35.5. The lowest BCUT2D eigenvalue weighted by Crippen LogP contribution is -2.48. The second-order valence-corrected chi connectivity index (χ2v) is 7.24. The number of pyridine rings is 1. The molecule has 0 bridgehead atoms. The number of fused-ring (bicyclic) bond motifs is 1. The van der Waals surface area contributed by atoms with Gasteiger partial charge in [-0.3, -0.25) is 9.69 Å². The summed E-state index contributed by atoms with van der Waals surface area (Å²) in [6.07, 6.45) is 1.95. The molecule has 0 saturated carbocycles. The molecule has 1 saturated heterocycles. The zero-order valence-corrected chi connectivity index (χ0v) is 15.6. The molecule has 134 valence electrons. The van der Waals surface area contributed by atoms with Crippen molar-refractivity contribution in [2.75, 3.05) is 26.2 Å². The van der Waals surface area contributed by atoms with Crippen LogP contribution in [0.2, 0.25) is 10.0 Å². The lowest BCUT2D eigenvalue weighted by molar-refractivity contribution is 0.0627. The van der Waals surface area contributed by atoms with E-state index in [9.17, 15) is 4.79 Å². The molecule has 0 unspecified atom stereocenters. The number of rotatable bonds is 3. The van der Waals surface area contributed by atoms with Crippen LogP contribution < -0.4 is 0 Å². The van der Waals surface area contributed by atoms with Gasteiger partial charge in [0.2, 0.25) is 0 Å². The van der Waals surface area contributed by atoms with E-state index >= 15 is 0 Å². The second kappa shape index (κ2) is 7.27. The second-order valence-electron chi connectivity index (χ2n) is 6.40. The normalized spacial score (nSPS) is 15.5. The summed E-state index contributed by atoms with van der Waals surface area (Å²) in [7, 11) is 0. The summed E-state index contributed by atoms with van der Waals surface area (Å²) in [5, 5.41) is 5.55. The molecular formula is C19H18Cl2N4O. The van der Waals surface area contributed by atoms with Crippen molar-refractivity contribution in [2.45, 2.75) is 6.54 Å². The Labute approximate surface area is 161 Å². The van der Waals surface area contributed by atoms with E-state index in [-0.39, 0.29) is 5.91 Å². The van der Waals surface area contributed by atoms with Gasteiger partial charge in [0.05, 0.1) is 21.8 Å². The number of benzene rings is 1. The predicted octanol–water partition coefficient (Wildman–Crippen LogP) is 3.60. The first-order valence-corrected chi connectivity index (χ1v) is 9.26. The Kier molecular flexibility index (Phi) is 4.85. The third-order valence-corrected chi connectivity index (χ3v) is 5.19. The van der Waals surface area contributed by atoms with Gasteiger partial charge in [-0.2, -0.15) is 5.10 Å². The minimum absolute atomic E-state index is 0.0649. The fourth-order valence-corrected chi connectivity index (χ4v) is 3.61. The first kappa shape index (κ1) is 17.3. The van der Waals surface area contributed by atoms with Crippen LogP contribution in [0.3, 0.4) is 0 Å². The fraction of sp³-hybridized carbons (Fsp3) is 0.263. The van der Waals surface area contributed by atoms with Crippen molar-refractivity contribution in [1.29, 1.82) is 0 Å². The third kappa shape index (κ3) is 3.56. The van der Waals surface area contributed by atoms with Gasteiger partial charge in [-0.05, 0) is 36.4 Å². The molecule has 2 aromatic heterocycles. The minimum Gasteiger partial charge on any atom is -0.336 e. The summed E-state index contributed by atoms with van der Waals surface area (Å²) < 4.78 is 1.89. The molecule has 1 aromatic carbocycles. The molecule has 0 spiro atoms. The van der Waals surface area contributed by atoms with Crippen molar-refractivity contribution in [2.24, 2.45) is 0 Å². The minimum atomic E-state index is -0.0649. The fourth-order valence-electron chi connectivity index (χ4n) is 3.24. The molecule has 1 aliphatic heterocycles. The molecule has 1 amide bonds. The Balaban J connectivity index is 1.39. The number of amides is 1. The average Bonchev–Trinajstić information content (AvgIpc) is 3.06. The summed E-state index contributed by atoms with van der Waals surface area (Å²) in [5.41, 5.74) is 2.59. The van der Waals surface area contributed by atoms with Gasteiger partial charge in [0.25, 0.3) is 5.91 Å². The summed E-state index contributed by atoms with van der Waals surface area (Å²) >= 11 is 12.2. The third-order valence-electron chi connectivity index (χ3n) is 4.62. The van der Waals surface area contributed by atoms with Crippen molar-refractivity contribution in [1.82, 2.24) is 19.4 Å². The number of piperazine rings is 1. The van der Waals surface area contributed by atoms with E-state index in [1.165, 1.54) is 0 Å². The van der Waals surface area contributed by atoms with Crippen LogP contribution in [0.4, 0.5) is 0 Å². The number of aromatic nitrogens is 2. The topological polar surface area (TPSA) is 40.9 Å². The maximum absolute atomic E-state index is 12.7. The van der Waals surface area contributed by atoms with Crippen LogP contribution in [0.15, 0.2) is 48.7 Å². The van der Waals surface area contributed by atoms with Crippen LogP contribution in [0.1, 0.15) is 16.1 Å². The molecule has 26 heavy (non-hydrogen) atoms. The van der Waals surface area contributed by atoms with E-state index in [2.05, 4.69) is 16.1 Å². The Bertz CT molecular complexity index is 915. The molecule has 0 N–H and O–H groups in total. The molecule has 4 rings (SSSR count). The van der Waals surface area contributed by atoms with Gasteiger partial charge in [-0.25, -0.2) is 4.52 Å². The number of halogens is 2. The number of carbonyl (C=O) groups is 1. The predicted molar refractivity (Wildman–Crippen MR) is 103 cm³/mol. The van der Waals surface area contributed by atoms with Gasteiger partial charge in [0.15, 0.2) is 0 Å². The van der Waals surface area contributed by atoms with E-state index in [0.717, 1.165) is 30.8 Å². The molecule has 3 heterocycles. The Morgan fingerprint density at radius 2 is 1.85 bits per heavy atom. The van der Waals surface area contributed by atoms with E-state index in [1.54, 1.807) is 18.2 Å². The van der Waals surface area contributed by atoms with E-state index in [0.29, 0.717) is 28.7 Å². The summed E-state index contributed by atoms with van der Waals surface area (Å²) in [5.74, 6) is -0.0649. The smallest absolute Gasteiger partial charge is 0.255 e. The highest BCUT2D eigenvalue weighted by molar-refractivity contribution is 6.35. The zero-order chi connectivity index (χ0) is 18.1. The maximum atomic E-state index is 12.7. The molecule has 7 heteroatoms. The highest BCUT2D eigenvalue weighted by Crippen LogP contribution is 2.23. The van der Waals surface area contributed by atoms with Crippen molar-refractivity contribution in [3.8, 4) is 0 Å². The zero-order valence-electron chi connectivity index (χ0n) is 14.1. The van der Waals surface area contributed by atoms with Gasteiger partial charge < -0.3 is 4.90 Å². The quantitative estimate of drug-likeness (QED) is 0.688. The van der Waals surface area contributed by atoms with Gasteiger partial charge in [0.1, 0.15) is 0 Å². The van der Waals surface area contributed by atoms with Gasteiger partial charge >= 0.3 is 0 Å². The summed E-state index contributed by atoms with van der Waals surface area (Å²) in [4.78, 5) is 16.8. The number of hydrogen-bond donors (Lipinski definition) is 0. The monoisotopic (exact) mass is 388 g/mol. The Morgan fingerprint density at radius 3 is 2.62 bits per heavy atom. The molecule has 0 atom stereocenters. The number of nitrogens with zero attached hydrogens (tertiary/aromatic N) is 4. The van der Waals surface area contributed by atoms with E-state index < -0.39 is 0 Å². The van der Waals surface area contributed by atoms with Crippen LogP contribution in [-0.4, -0.2) is 51.5 Å². The molecule has 1 aliphatic rings. The van der Waals surface area contributed by atoms with Crippen molar-refractivity contribution >= 4 is 34.6 Å². The first-order valence-electron chi connectivity index (χ1n) is 8.50. The SMILES string of the molecule is O=C(c1cc(Cl)ccc1Cl)N1CCN(Cc2cc3ccccn3n2)CC1. The van der Waals surface area contributed by atoms with Crippen LogP contribution >= 0.6 is 23.2 Å². The Morgan fingerprint density at radius 1 is 1.04 bits per heavy atom. The Hall–Kier alpha value is -2.08. The van der Waals surface area contributed by atoms with Gasteiger partial charge in [-0.15, -0.1) is 0 Å².